The van der Waals surface area contributed by atoms with E-state index in [4.69, 9.17) is 5.26 Å². The number of benzene rings is 1. The predicted octanol–water partition coefficient (Wildman–Crippen LogP) is 3.14. The molecule has 0 saturated heterocycles. The molecule has 13 heavy (non-hydrogen) atoms. The fourth-order valence-corrected chi connectivity index (χ4v) is 1.65. The number of hydrogen-bond donors (Lipinski definition) is 0. The number of thiocyanates is 1. The summed E-state index contributed by atoms with van der Waals surface area (Å²) in [6.07, 6.45) is 2.17. The summed E-state index contributed by atoms with van der Waals surface area (Å²) >= 11 is 1.34. The Hall–Kier alpha value is -0.940. The van der Waals surface area contributed by atoms with Crippen molar-refractivity contribution in [1.29, 1.82) is 5.26 Å². The van der Waals surface area contributed by atoms with Crippen LogP contribution in [0.15, 0.2) is 24.3 Å². The molecule has 0 fully saturated rings. The van der Waals surface area contributed by atoms with Crippen molar-refractivity contribution in [2.75, 3.05) is 5.75 Å². The Morgan fingerprint density at radius 1 is 1.38 bits per heavy atom. The number of nitriles is 1. The number of hydrogen-bond acceptors (Lipinski definition) is 2. The van der Waals surface area contributed by atoms with Gasteiger partial charge in [-0.15, -0.1) is 0 Å². The highest BCUT2D eigenvalue weighted by atomic mass is 32.2. The minimum atomic E-state index is 0.935. The third-order valence-electron chi connectivity index (χ3n) is 2.02. The average molecular weight is 191 g/mol. The van der Waals surface area contributed by atoms with Crippen LogP contribution in [0.5, 0.6) is 0 Å². The first-order valence-electron chi connectivity index (χ1n) is 4.40. The molecule has 0 heterocycles. The summed E-state index contributed by atoms with van der Waals surface area (Å²) in [6.45, 7) is 2.13. The maximum Gasteiger partial charge on any atom is 0.133 e. The summed E-state index contributed by atoms with van der Waals surface area (Å²) in [5.41, 5.74) is 2.76. The second kappa shape index (κ2) is 5.66. The van der Waals surface area contributed by atoms with Crippen LogP contribution in [0, 0.1) is 17.6 Å². The van der Waals surface area contributed by atoms with Crippen LogP contribution >= 0.6 is 11.8 Å². The quantitative estimate of drug-likeness (QED) is 0.539. The van der Waals surface area contributed by atoms with Crippen LogP contribution in [-0.4, -0.2) is 5.75 Å². The zero-order valence-corrected chi connectivity index (χ0v) is 8.60. The van der Waals surface area contributed by atoms with Crippen molar-refractivity contribution in [3.8, 4) is 5.40 Å². The molecule has 2 heteroatoms. The number of rotatable bonds is 4. The van der Waals surface area contributed by atoms with Crippen molar-refractivity contribution in [3.05, 3.63) is 35.4 Å². The second-order valence-electron chi connectivity index (χ2n) is 2.97. The lowest BCUT2D eigenvalue weighted by Gasteiger charge is -2.03. The molecule has 1 nitrogen and oxygen atoms in total. The largest absolute Gasteiger partial charge is 0.185 e. The van der Waals surface area contributed by atoms with Gasteiger partial charge in [0.05, 0.1) is 0 Å². The molecule has 0 bridgehead atoms. The van der Waals surface area contributed by atoms with Gasteiger partial charge in [0.25, 0.3) is 0 Å². The summed E-state index contributed by atoms with van der Waals surface area (Å²) in [5, 5.41) is 10.4. The van der Waals surface area contributed by atoms with Crippen LogP contribution in [0.4, 0.5) is 0 Å². The van der Waals surface area contributed by atoms with E-state index in [9.17, 15) is 0 Å². The van der Waals surface area contributed by atoms with E-state index in [0.717, 1.165) is 18.6 Å². The first-order chi connectivity index (χ1) is 6.34. The van der Waals surface area contributed by atoms with Gasteiger partial charge in [0.15, 0.2) is 0 Å². The third kappa shape index (κ3) is 3.52. The highest BCUT2D eigenvalue weighted by Crippen LogP contribution is 2.11. The van der Waals surface area contributed by atoms with Crippen molar-refractivity contribution in [2.24, 2.45) is 0 Å². The van der Waals surface area contributed by atoms with Gasteiger partial charge in [-0.25, -0.2) is 0 Å². The van der Waals surface area contributed by atoms with E-state index in [1.54, 1.807) is 0 Å². The van der Waals surface area contributed by atoms with Gasteiger partial charge in [0.2, 0.25) is 0 Å². The van der Waals surface area contributed by atoms with Crippen LogP contribution in [0.1, 0.15) is 17.5 Å². The Labute approximate surface area is 83.8 Å². The number of aryl methyl sites for hydroxylation is 2. The summed E-state index contributed by atoms with van der Waals surface area (Å²) in [5.74, 6) is 0.935. The van der Waals surface area contributed by atoms with Crippen LogP contribution < -0.4 is 0 Å². The molecule has 0 radical (unpaired) electrons. The molecular formula is C11H13NS. The highest BCUT2D eigenvalue weighted by Gasteiger charge is 1.96. The van der Waals surface area contributed by atoms with Crippen molar-refractivity contribution >= 4 is 11.8 Å². The molecule has 0 aliphatic heterocycles. The lowest BCUT2D eigenvalue weighted by molar-refractivity contribution is 0.925. The third-order valence-corrected chi connectivity index (χ3v) is 2.64. The molecule has 0 atom stereocenters. The minimum absolute atomic E-state index is 0.935. The first kappa shape index (κ1) is 10.1. The molecule has 0 unspecified atom stereocenters. The SMILES string of the molecule is Cc1ccccc1CCCSC#N. The molecule has 0 saturated carbocycles. The van der Waals surface area contributed by atoms with Gasteiger partial charge < -0.3 is 0 Å². The lowest BCUT2D eigenvalue weighted by atomic mass is 10.1. The van der Waals surface area contributed by atoms with E-state index in [2.05, 4.69) is 36.6 Å². The van der Waals surface area contributed by atoms with E-state index < -0.39 is 0 Å². The standard InChI is InChI=1S/C11H13NS/c1-10-5-2-3-6-11(10)7-4-8-13-9-12/h2-3,5-6H,4,7-8H2,1H3. The molecule has 0 aliphatic rings. The van der Waals surface area contributed by atoms with Crippen molar-refractivity contribution < 1.29 is 0 Å². The summed E-state index contributed by atoms with van der Waals surface area (Å²) in [4.78, 5) is 0. The Morgan fingerprint density at radius 2 is 2.15 bits per heavy atom. The smallest absolute Gasteiger partial charge is 0.133 e. The van der Waals surface area contributed by atoms with Gasteiger partial charge in [-0.1, -0.05) is 24.3 Å². The zero-order chi connectivity index (χ0) is 9.52. The van der Waals surface area contributed by atoms with Crippen molar-refractivity contribution in [3.63, 3.8) is 0 Å². The summed E-state index contributed by atoms with van der Waals surface area (Å²) < 4.78 is 0. The maximum atomic E-state index is 8.33. The fourth-order valence-electron chi connectivity index (χ4n) is 1.27. The first-order valence-corrected chi connectivity index (χ1v) is 5.38. The normalized spacial score (nSPS) is 9.54. The molecule has 1 aromatic rings. The lowest BCUT2D eigenvalue weighted by Crippen LogP contribution is -1.90. The number of thioether (sulfide) groups is 1. The van der Waals surface area contributed by atoms with Crippen molar-refractivity contribution in [1.82, 2.24) is 0 Å². The van der Waals surface area contributed by atoms with E-state index >= 15 is 0 Å². The van der Waals surface area contributed by atoms with Gasteiger partial charge in [-0.3, -0.25) is 0 Å². The van der Waals surface area contributed by atoms with Gasteiger partial charge >= 0.3 is 0 Å². The molecule has 0 aliphatic carbocycles. The van der Waals surface area contributed by atoms with Crippen LogP contribution in [0.25, 0.3) is 0 Å². The highest BCUT2D eigenvalue weighted by molar-refractivity contribution is 8.03. The monoisotopic (exact) mass is 191 g/mol. The van der Waals surface area contributed by atoms with E-state index in [1.807, 2.05) is 0 Å². The van der Waals surface area contributed by atoms with E-state index in [1.165, 1.54) is 22.9 Å². The predicted molar refractivity (Wildman–Crippen MR) is 57.6 cm³/mol. The Bertz CT molecular complexity index is 301. The Morgan fingerprint density at radius 3 is 2.85 bits per heavy atom. The summed E-state index contributed by atoms with van der Waals surface area (Å²) in [6, 6.07) is 8.42. The second-order valence-corrected chi connectivity index (χ2v) is 3.85. The Balaban J connectivity index is 2.37. The topological polar surface area (TPSA) is 23.8 Å². The van der Waals surface area contributed by atoms with Crippen LogP contribution in [-0.2, 0) is 6.42 Å². The molecule has 0 N–H and O–H groups in total. The Kier molecular flexibility index (Phi) is 4.42. The molecule has 1 rings (SSSR count). The van der Waals surface area contributed by atoms with E-state index in [0.29, 0.717) is 0 Å². The molecule has 68 valence electrons. The zero-order valence-electron chi connectivity index (χ0n) is 7.79. The maximum absolute atomic E-state index is 8.33. The van der Waals surface area contributed by atoms with Gasteiger partial charge in [0, 0.05) is 5.75 Å². The number of nitrogens with zero attached hydrogens (tertiary/aromatic N) is 1. The minimum Gasteiger partial charge on any atom is -0.185 e. The van der Waals surface area contributed by atoms with Gasteiger partial charge in [0.1, 0.15) is 5.40 Å². The van der Waals surface area contributed by atoms with Gasteiger partial charge in [-0.2, -0.15) is 5.26 Å². The summed E-state index contributed by atoms with van der Waals surface area (Å²) in [7, 11) is 0. The average Bonchev–Trinajstić information content (AvgIpc) is 2.15. The molecule has 0 amide bonds. The van der Waals surface area contributed by atoms with Crippen molar-refractivity contribution in [2.45, 2.75) is 19.8 Å². The molecule has 0 aromatic heterocycles. The van der Waals surface area contributed by atoms with Crippen LogP contribution in [0.3, 0.4) is 0 Å². The van der Waals surface area contributed by atoms with E-state index in [-0.39, 0.29) is 0 Å². The molecule has 0 spiro atoms. The van der Waals surface area contributed by atoms with Crippen LogP contribution in [0.2, 0.25) is 0 Å². The molecular weight excluding hydrogens is 178 g/mol. The fraction of sp³-hybridized carbons (Fsp3) is 0.364. The molecule has 1 aromatic carbocycles. The van der Waals surface area contributed by atoms with Gasteiger partial charge in [-0.05, 0) is 42.7 Å².